The molecule has 0 N–H and O–H groups in total. The van der Waals surface area contributed by atoms with Gasteiger partial charge in [-0.1, -0.05) is 82.7 Å². The lowest BCUT2D eigenvalue weighted by Crippen LogP contribution is -1.98. The number of halogens is 1. The molecule has 0 spiro atoms. The van der Waals surface area contributed by atoms with E-state index in [9.17, 15) is 0 Å². The maximum atomic E-state index is 4.82. The summed E-state index contributed by atoms with van der Waals surface area (Å²) in [7, 11) is 0. The van der Waals surface area contributed by atoms with Crippen molar-refractivity contribution in [1.82, 2.24) is 9.97 Å². The van der Waals surface area contributed by atoms with E-state index in [2.05, 4.69) is 40.2 Å². The summed E-state index contributed by atoms with van der Waals surface area (Å²) in [6.07, 6.45) is 6.17. The largest absolute Gasteiger partial charge is 0.228 e. The summed E-state index contributed by atoms with van der Waals surface area (Å²) in [5.41, 5.74) is 4.98. The first-order valence-corrected chi connectivity index (χ1v) is 9.01. The molecule has 0 aliphatic rings. The van der Waals surface area contributed by atoms with E-state index in [4.69, 9.17) is 9.97 Å². The first-order chi connectivity index (χ1) is 12.2. The maximum absolute atomic E-state index is 4.82. The molecular weight excluding hydrogens is 372 g/mol. The minimum atomic E-state index is 0.715. The number of hydrogen-bond donors (Lipinski definition) is 0. The van der Waals surface area contributed by atoms with Gasteiger partial charge in [-0.2, -0.15) is 0 Å². The molecule has 3 heteroatoms. The van der Waals surface area contributed by atoms with Gasteiger partial charge >= 0.3 is 0 Å². The predicted molar refractivity (Wildman–Crippen MR) is 109 cm³/mol. The first-order valence-electron chi connectivity index (χ1n) is 8.21. The average Bonchev–Trinajstić information content (AvgIpc) is 2.67. The van der Waals surface area contributed by atoms with Crippen molar-refractivity contribution in [3.8, 4) is 22.6 Å². The zero-order valence-electron chi connectivity index (χ0n) is 14.3. The van der Waals surface area contributed by atoms with Crippen molar-refractivity contribution < 1.29 is 0 Å². The molecule has 1 heterocycles. The van der Waals surface area contributed by atoms with E-state index < -0.39 is 0 Å². The van der Waals surface area contributed by atoms with E-state index in [1.807, 2.05) is 68.5 Å². The van der Waals surface area contributed by atoms with Gasteiger partial charge in [0, 0.05) is 15.6 Å². The molecule has 0 radical (unpaired) electrons. The van der Waals surface area contributed by atoms with Crippen LogP contribution in [0, 0.1) is 0 Å². The van der Waals surface area contributed by atoms with Crippen LogP contribution in [0.25, 0.3) is 28.2 Å². The molecule has 3 aromatic rings. The van der Waals surface area contributed by atoms with Gasteiger partial charge < -0.3 is 0 Å². The normalized spacial score (nSPS) is 11.9. The van der Waals surface area contributed by atoms with Crippen LogP contribution >= 0.6 is 15.9 Å². The molecule has 0 atom stereocenters. The highest BCUT2D eigenvalue weighted by molar-refractivity contribution is 9.10. The average molecular weight is 391 g/mol. The fourth-order valence-corrected chi connectivity index (χ4v) is 3.09. The van der Waals surface area contributed by atoms with Crippen LogP contribution in [0.1, 0.15) is 19.5 Å². The highest BCUT2D eigenvalue weighted by atomic mass is 79.9. The molecule has 25 heavy (non-hydrogen) atoms. The summed E-state index contributed by atoms with van der Waals surface area (Å²) in [6.45, 7) is 4.04. The van der Waals surface area contributed by atoms with E-state index in [0.717, 1.165) is 32.6 Å². The van der Waals surface area contributed by atoms with E-state index >= 15 is 0 Å². The van der Waals surface area contributed by atoms with Crippen molar-refractivity contribution in [2.45, 2.75) is 13.8 Å². The third kappa shape index (κ3) is 3.94. The Morgan fingerprint density at radius 3 is 2.32 bits per heavy atom. The smallest absolute Gasteiger partial charge is 0.161 e. The van der Waals surface area contributed by atoms with Crippen LogP contribution in [0.5, 0.6) is 0 Å². The van der Waals surface area contributed by atoms with Crippen molar-refractivity contribution in [2.75, 3.05) is 0 Å². The van der Waals surface area contributed by atoms with Gasteiger partial charge in [-0.3, -0.25) is 0 Å². The number of benzene rings is 2. The molecule has 124 valence electrons. The second kappa shape index (κ2) is 8.04. The molecule has 2 nitrogen and oxygen atoms in total. The van der Waals surface area contributed by atoms with Crippen molar-refractivity contribution in [3.63, 3.8) is 0 Å². The Labute approximate surface area is 157 Å². The fraction of sp³-hybridized carbons (Fsp3) is 0.0909. The van der Waals surface area contributed by atoms with Gasteiger partial charge in [0.2, 0.25) is 0 Å². The molecule has 0 saturated heterocycles. The van der Waals surface area contributed by atoms with E-state index in [1.54, 1.807) is 0 Å². The molecule has 0 aliphatic heterocycles. The van der Waals surface area contributed by atoms with Crippen molar-refractivity contribution in [1.29, 1.82) is 0 Å². The number of hydrogen-bond acceptors (Lipinski definition) is 2. The number of allylic oxidation sites excluding steroid dienone is 4. The van der Waals surface area contributed by atoms with Gasteiger partial charge in [0.15, 0.2) is 5.82 Å². The third-order valence-electron chi connectivity index (χ3n) is 3.86. The maximum Gasteiger partial charge on any atom is 0.161 e. The Kier molecular flexibility index (Phi) is 5.56. The van der Waals surface area contributed by atoms with Crippen LogP contribution in [-0.4, -0.2) is 9.97 Å². The quantitative estimate of drug-likeness (QED) is 0.471. The molecule has 0 fully saturated rings. The van der Waals surface area contributed by atoms with Gasteiger partial charge in [0.1, 0.15) is 0 Å². The van der Waals surface area contributed by atoms with E-state index in [0.29, 0.717) is 5.82 Å². The molecular formula is C22H19BrN2. The lowest BCUT2D eigenvalue weighted by Gasteiger charge is -2.10. The highest BCUT2D eigenvalue weighted by Crippen LogP contribution is 2.29. The van der Waals surface area contributed by atoms with E-state index in [1.165, 1.54) is 0 Å². The summed E-state index contributed by atoms with van der Waals surface area (Å²) < 4.78 is 0.985. The van der Waals surface area contributed by atoms with Crippen molar-refractivity contribution >= 4 is 21.5 Å². The number of nitrogens with zero attached hydrogens (tertiary/aromatic N) is 2. The Morgan fingerprint density at radius 1 is 0.920 bits per heavy atom. The van der Waals surface area contributed by atoms with Gasteiger partial charge in [0.25, 0.3) is 0 Å². The minimum absolute atomic E-state index is 0.715. The second-order valence-electron chi connectivity index (χ2n) is 5.55. The van der Waals surface area contributed by atoms with Crippen molar-refractivity contribution in [2.24, 2.45) is 0 Å². The first kappa shape index (κ1) is 17.3. The van der Waals surface area contributed by atoms with Gasteiger partial charge in [0.05, 0.1) is 11.4 Å². The van der Waals surface area contributed by atoms with Crippen LogP contribution in [0.15, 0.2) is 83.4 Å². The molecule has 0 saturated carbocycles. The zero-order chi connectivity index (χ0) is 17.6. The zero-order valence-corrected chi connectivity index (χ0v) is 15.9. The predicted octanol–water partition coefficient (Wildman–Crippen LogP) is 6.55. The number of rotatable bonds is 4. The van der Waals surface area contributed by atoms with Crippen LogP contribution < -0.4 is 0 Å². The van der Waals surface area contributed by atoms with Crippen LogP contribution in [0.4, 0.5) is 0 Å². The molecule has 1 aromatic heterocycles. The Morgan fingerprint density at radius 2 is 1.64 bits per heavy atom. The fourth-order valence-electron chi connectivity index (χ4n) is 2.62. The Bertz CT molecular complexity index is 928. The molecule has 2 aromatic carbocycles. The molecule has 0 amide bonds. The van der Waals surface area contributed by atoms with Gasteiger partial charge in [-0.05, 0) is 31.6 Å². The molecule has 3 rings (SSSR count). The standard InChI is InChI=1S/C22H19BrN2/c1-3-10-16(4-2)20-15-21(17-11-6-5-7-12-17)25-22(24-20)18-13-8-9-14-19(18)23/h3-15H,1-2H3/b10-3-,16-4+. The number of aromatic nitrogens is 2. The third-order valence-corrected chi connectivity index (χ3v) is 4.55. The lowest BCUT2D eigenvalue weighted by atomic mass is 10.1. The monoisotopic (exact) mass is 390 g/mol. The summed E-state index contributed by atoms with van der Waals surface area (Å²) in [5.74, 6) is 0.715. The second-order valence-corrected chi connectivity index (χ2v) is 6.41. The van der Waals surface area contributed by atoms with Crippen LogP contribution in [0.2, 0.25) is 0 Å². The SMILES string of the molecule is C/C=C\C(=C/C)c1cc(-c2ccccc2)nc(-c2ccccc2Br)n1. The Hall–Kier alpha value is -2.52. The topological polar surface area (TPSA) is 25.8 Å². The highest BCUT2D eigenvalue weighted by Gasteiger charge is 2.12. The molecule has 0 unspecified atom stereocenters. The van der Waals surface area contributed by atoms with E-state index in [-0.39, 0.29) is 0 Å². The van der Waals surface area contributed by atoms with Crippen LogP contribution in [0.3, 0.4) is 0 Å². The minimum Gasteiger partial charge on any atom is -0.228 e. The summed E-state index contributed by atoms with van der Waals surface area (Å²) in [5, 5.41) is 0. The summed E-state index contributed by atoms with van der Waals surface area (Å²) in [6, 6.07) is 20.3. The summed E-state index contributed by atoms with van der Waals surface area (Å²) in [4.78, 5) is 9.64. The lowest BCUT2D eigenvalue weighted by molar-refractivity contribution is 1.15. The van der Waals surface area contributed by atoms with Gasteiger partial charge in [-0.15, -0.1) is 0 Å². The Balaban J connectivity index is 2.24. The van der Waals surface area contributed by atoms with Crippen molar-refractivity contribution in [3.05, 3.63) is 89.1 Å². The van der Waals surface area contributed by atoms with Crippen LogP contribution in [-0.2, 0) is 0 Å². The summed E-state index contributed by atoms with van der Waals surface area (Å²) >= 11 is 3.61. The van der Waals surface area contributed by atoms with Gasteiger partial charge in [-0.25, -0.2) is 9.97 Å². The molecule has 0 aliphatic carbocycles. The molecule has 0 bridgehead atoms.